The Labute approximate surface area is 105 Å². The number of nitrogens with zero attached hydrogens (tertiary/aromatic N) is 4. The Bertz CT molecular complexity index is 439. The Balaban J connectivity index is 2.32. The van der Waals surface area contributed by atoms with E-state index in [0.29, 0.717) is 12.2 Å². The minimum absolute atomic E-state index is 0.0421. The molecule has 0 amide bonds. The highest BCUT2D eigenvalue weighted by atomic mass is 16.6. The lowest BCUT2D eigenvalue weighted by Crippen LogP contribution is -2.55. The van der Waals surface area contributed by atoms with Crippen LogP contribution in [-0.2, 0) is 0 Å². The van der Waals surface area contributed by atoms with Gasteiger partial charge in [-0.2, -0.15) is 0 Å². The predicted molar refractivity (Wildman–Crippen MR) is 68.6 cm³/mol. The lowest BCUT2D eigenvalue weighted by Gasteiger charge is -2.40. The lowest BCUT2D eigenvalue weighted by atomic mass is 10.1. The summed E-state index contributed by atoms with van der Waals surface area (Å²) >= 11 is 0. The third-order valence-corrected chi connectivity index (χ3v) is 3.24. The number of hydrogen-bond acceptors (Lipinski definition) is 6. The van der Waals surface area contributed by atoms with Crippen LogP contribution >= 0.6 is 0 Å². The van der Waals surface area contributed by atoms with Crippen molar-refractivity contribution >= 4 is 11.4 Å². The van der Waals surface area contributed by atoms with Gasteiger partial charge in [0.1, 0.15) is 11.9 Å². The number of hydrogen-bond donors (Lipinski definition) is 1. The zero-order chi connectivity index (χ0) is 13.1. The third-order valence-electron chi connectivity index (χ3n) is 3.24. The average molecular weight is 251 g/mol. The van der Waals surface area contributed by atoms with Crippen molar-refractivity contribution in [1.29, 1.82) is 0 Å². The molecule has 0 aromatic carbocycles. The van der Waals surface area contributed by atoms with Crippen LogP contribution in [0, 0.1) is 10.1 Å². The summed E-state index contributed by atoms with van der Waals surface area (Å²) in [6.07, 6.45) is 2.87. The van der Waals surface area contributed by atoms with Crippen molar-refractivity contribution in [3.05, 3.63) is 28.6 Å². The van der Waals surface area contributed by atoms with E-state index in [2.05, 4.69) is 9.88 Å². The first-order valence-electron chi connectivity index (χ1n) is 5.87. The highest BCUT2D eigenvalue weighted by Crippen LogP contribution is 2.29. The van der Waals surface area contributed by atoms with E-state index in [1.807, 2.05) is 11.9 Å². The van der Waals surface area contributed by atoms with Crippen LogP contribution in [0.15, 0.2) is 18.5 Å². The van der Waals surface area contributed by atoms with Gasteiger partial charge in [-0.05, 0) is 13.1 Å². The standard InChI is InChI=1S/C11H17N5O2/c1-14-4-5-15(9(6-12)8-14)10-2-3-13-7-11(10)16(17)18/h2-3,7,9H,4-6,8,12H2,1H3. The van der Waals surface area contributed by atoms with Crippen molar-refractivity contribution in [3.63, 3.8) is 0 Å². The second-order valence-electron chi connectivity index (χ2n) is 4.47. The van der Waals surface area contributed by atoms with Crippen LogP contribution in [0.5, 0.6) is 0 Å². The van der Waals surface area contributed by atoms with Gasteiger partial charge in [0.05, 0.1) is 11.0 Å². The minimum atomic E-state index is -0.395. The first kappa shape index (κ1) is 12.7. The predicted octanol–water partition coefficient (Wildman–Crippen LogP) is 0.0689. The maximum absolute atomic E-state index is 11.0. The van der Waals surface area contributed by atoms with Crippen molar-refractivity contribution < 1.29 is 4.92 Å². The number of pyridine rings is 1. The second kappa shape index (κ2) is 5.28. The summed E-state index contributed by atoms with van der Waals surface area (Å²) < 4.78 is 0. The molecule has 1 aromatic rings. The Morgan fingerprint density at radius 3 is 3.06 bits per heavy atom. The summed E-state index contributed by atoms with van der Waals surface area (Å²) in [5.41, 5.74) is 6.42. The summed E-state index contributed by atoms with van der Waals surface area (Å²) in [7, 11) is 2.03. The van der Waals surface area contributed by atoms with Gasteiger partial charge in [-0.15, -0.1) is 0 Å². The molecule has 98 valence electrons. The van der Waals surface area contributed by atoms with E-state index in [9.17, 15) is 10.1 Å². The molecule has 1 unspecified atom stereocenters. The Hall–Kier alpha value is -1.73. The molecule has 0 radical (unpaired) electrons. The Morgan fingerprint density at radius 2 is 2.39 bits per heavy atom. The fourth-order valence-corrected chi connectivity index (χ4v) is 2.29. The normalized spacial score (nSPS) is 21.0. The molecular weight excluding hydrogens is 234 g/mol. The van der Waals surface area contributed by atoms with E-state index in [1.165, 1.54) is 6.20 Å². The summed E-state index contributed by atoms with van der Waals surface area (Å²) in [5.74, 6) is 0. The molecule has 0 aliphatic carbocycles. The van der Waals surface area contributed by atoms with Gasteiger partial charge in [0.15, 0.2) is 0 Å². The first-order chi connectivity index (χ1) is 8.63. The van der Waals surface area contributed by atoms with Gasteiger partial charge in [0, 0.05) is 32.4 Å². The van der Waals surface area contributed by atoms with E-state index in [1.54, 1.807) is 12.3 Å². The molecule has 18 heavy (non-hydrogen) atoms. The largest absolute Gasteiger partial charge is 0.359 e. The lowest BCUT2D eigenvalue weighted by molar-refractivity contribution is -0.384. The molecule has 1 aromatic heterocycles. The molecule has 7 nitrogen and oxygen atoms in total. The zero-order valence-electron chi connectivity index (χ0n) is 10.3. The fourth-order valence-electron chi connectivity index (χ4n) is 2.29. The molecule has 0 saturated carbocycles. The third kappa shape index (κ3) is 2.41. The molecule has 1 aliphatic rings. The van der Waals surface area contributed by atoms with Crippen LogP contribution in [0.3, 0.4) is 0 Å². The highest BCUT2D eigenvalue weighted by molar-refractivity contribution is 5.62. The number of nitrogens with two attached hydrogens (primary N) is 1. The molecule has 0 bridgehead atoms. The monoisotopic (exact) mass is 251 g/mol. The van der Waals surface area contributed by atoms with Gasteiger partial charge < -0.3 is 15.5 Å². The van der Waals surface area contributed by atoms with Gasteiger partial charge in [-0.1, -0.05) is 0 Å². The van der Waals surface area contributed by atoms with Crippen molar-refractivity contribution in [2.45, 2.75) is 6.04 Å². The van der Waals surface area contributed by atoms with Crippen molar-refractivity contribution in [1.82, 2.24) is 9.88 Å². The maximum Gasteiger partial charge on any atom is 0.310 e. The van der Waals surface area contributed by atoms with Crippen molar-refractivity contribution in [2.75, 3.05) is 38.1 Å². The number of likely N-dealkylation sites (N-methyl/N-ethyl adjacent to an activating group) is 1. The van der Waals surface area contributed by atoms with Gasteiger partial charge in [0.25, 0.3) is 0 Å². The minimum Gasteiger partial charge on any atom is -0.359 e. The molecule has 0 spiro atoms. The topological polar surface area (TPSA) is 88.5 Å². The zero-order valence-corrected chi connectivity index (χ0v) is 10.3. The molecule has 1 fully saturated rings. The van der Waals surface area contributed by atoms with Crippen molar-refractivity contribution in [2.24, 2.45) is 5.73 Å². The van der Waals surface area contributed by atoms with Gasteiger partial charge >= 0.3 is 5.69 Å². The smallest absolute Gasteiger partial charge is 0.310 e. The van der Waals surface area contributed by atoms with Crippen LogP contribution in [0.25, 0.3) is 0 Å². The molecular formula is C11H17N5O2. The maximum atomic E-state index is 11.0. The average Bonchev–Trinajstić information content (AvgIpc) is 2.38. The number of piperazine rings is 1. The first-order valence-corrected chi connectivity index (χ1v) is 5.87. The summed E-state index contributed by atoms with van der Waals surface area (Å²) in [4.78, 5) is 18.6. The second-order valence-corrected chi connectivity index (χ2v) is 4.47. The number of nitro groups is 1. The number of aromatic nitrogens is 1. The SMILES string of the molecule is CN1CCN(c2ccncc2[N+](=O)[O-])C(CN)C1. The van der Waals surface area contributed by atoms with Crippen LogP contribution in [0.2, 0.25) is 0 Å². The fraction of sp³-hybridized carbons (Fsp3) is 0.545. The number of anilines is 1. The van der Waals surface area contributed by atoms with E-state index in [4.69, 9.17) is 5.73 Å². The Kier molecular flexibility index (Phi) is 3.73. The summed E-state index contributed by atoms with van der Waals surface area (Å²) in [5, 5.41) is 11.0. The van der Waals surface area contributed by atoms with Crippen molar-refractivity contribution in [3.8, 4) is 0 Å². The number of rotatable bonds is 3. The van der Waals surface area contributed by atoms with Crippen LogP contribution in [-0.4, -0.2) is 54.1 Å². The van der Waals surface area contributed by atoms with Gasteiger partial charge in [0.2, 0.25) is 0 Å². The molecule has 1 saturated heterocycles. The van der Waals surface area contributed by atoms with E-state index in [-0.39, 0.29) is 11.7 Å². The molecule has 1 aliphatic heterocycles. The van der Waals surface area contributed by atoms with E-state index >= 15 is 0 Å². The molecule has 2 rings (SSSR count). The molecule has 1 atom stereocenters. The molecule has 2 heterocycles. The van der Waals surface area contributed by atoms with Crippen LogP contribution in [0.1, 0.15) is 0 Å². The van der Waals surface area contributed by atoms with Crippen LogP contribution in [0.4, 0.5) is 11.4 Å². The molecule has 2 N–H and O–H groups in total. The molecule has 7 heteroatoms. The van der Waals surface area contributed by atoms with Gasteiger partial charge in [-0.3, -0.25) is 15.1 Å². The summed E-state index contributed by atoms with van der Waals surface area (Å²) in [6, 6.07) is 1.79. The van der Waals surface area contributed by atoms with E-state index < -0.39 is 4.92 Å². The van der Waals surface area contributed by atoms with Gasteiger partial charge in [-0.25, -0.2) is 0 Å². The Morgan fingerprint density at radius 1 is 1.61 bits per heavy atom. The van der Waals surface area contributed by atoms with Crippen LogP contribution < -0.4 is 10.6 Å². The van der Waals surface area contributed by atoms with E-state index in [0.717, 1.165) is 19.6 Å². The quantitative estimate of drug-likeness (QED) is 0.604. The highest BCUT2D eigenvalue weighted by Gasteiger charge is 2.28. The summed E-state index contributed by atoms with van der Waals surface area (Å²) in [6.45, 7) is 2.90.